The Morgan fingerprint density at radius 1 is 1.00 bits per heavy atom. The Balaban J connectivity index is 1.47. The van der Waals surface area contributed by atoms with Gasteiger partial charge in [0.15, 0.2) is 0 Å². The van der Waals surface area contributed by atoms with E-state index in [-0.39, 0.29) is 6.10 Å². The van der Waals surface area contributed by atoms with Crippen LogP contribution in [0.3, 0.4) is 0 Å². The average molecular weight is 415 g/mol. The van der Waals surface area contributed by atoms with E-state index in [1.807, 2.05) is 0 Å². The van der Waals surface area contributed by atoms with Crippen LogP contribution in [-0.2, 0) is 0 Å². The maximum Gasteiger partial charge on any atom is 0.0577 e. The van der Waals surface area contributed by atoms with Gasteiger partial charge in [-0.05, 0) is 110 Å². The van der Waals surface area contributed by atoms with Gasteiger partial charge in [0.2, 0.25) is 0 Å². The molecule has 30 heavy (non-hydrogen) atoms. The van der Waals surface area contributed by atoms with Crippen LogP contribution in [0.1, 0.15) is 112 Å². The zero-order valence-corrected chi connectivity index (χ0v) is 20.9. The van der Waals surface area contributed by atoms with E-state index in [0.29, 0.717) is 10.8 Å². The zero-order valence-electron chi connectivity index (χ0n) is 20.9. The Morgan fingerprint density at radius 3 is 2.47 bits per heavy atom. The predicted octanol–water partition coefficient (Wildman–Crippen LogP) is 8.02. The van der Waals surface area contributed by atoms with Gasteiger partial charge in [0.1, 0.15) is 0 Å². The molecule has 0 aromatic heterocycles. The molecule has 0 unspecified atom stereocenters. The summed E-state index contributed by atoms with van der Waals surface area (Å²) in [5, 5.41) is 10.2. The molecule has 0 heterocycles. The largest absolute Gasteiger partial charge is 0.393 e. The average Bonchev–Trinajstić information content (AvgIpc) is 3.06. The van der Waals surface area contributed by atoms with Crippen molar-refractivity contribution in [2.45, 2.75) is 118 Å². The lowest BCUT2D eigenvalue weighted by Crippen LogP contribution is -2.50. The van der Waals surface area contributed by atoms with Crippen LogP contribution in [0.25, 0.3) is 0 Å². The fourth-order valence-corrected chi connectivity index (χ4v) is 9.30. The molecular formula is C29H50O. The summed E-state index contributed by atoms with van der Waals surface area (Å²) in [7, 11) is 0. The molecule has 4 rings (SSSR count). The Hall–Kier alpha value is -0.300. The van der Waals surface area contributed by atoms with Crippen LogP contribution in [0, 0.1) is 52.3 Å². The highest BCUT2D eigenvalue weighted by Crippen LogP contribution is 2.67. The number of hydrogen-bond donors (Lipinski definition) is 1. The summed E-state index contributed by atoms with van der Waals surface area (Å²) in [6.45, 7) is 15.1. The summed E-state index contributed by atoms with van der Waals surface area (Å²) < 4.78 is 0. The van der Waals surface area contributed by atoms with Crippen molar-refractivity contribution in [3.05, 3.63) is 11.6 Å². The molecule has 1 N–H and O–H groups in total. The fourth-order valence-electron chi connectivity index (χ4n) is 9.30. The van der Waals surface area contributed by atoms with Gasteiger partial charge in [-0.2, -0.15) is 0 Å². The molecule has 0 aromatic rings. The van der Waals surface area contributed by atoms with Gasteiger partial charge in [-0.15, -0.1) is 0 Å². The van der Waals surface area contributed by atoms with Crippen molar-refractivity contribution in [2.75, 3.05) is 0 Å². The monoisotopic (exact) mass is 414 g/mol. The van der Waals surface area contributed by atoms with Crippen molar-refractivity contribution in [2.24, 2.45) is 52.3 Å². The summed E-state index contributed by atoms with van der Waals surface area (Å²) in [6, 6.07) is 0. The summed E-state index contributed by atoms with van der Waals surface area (Å²) in [5.74, 6) is 6.31. The SMILES string of the molecule is CC[C@H](CC[C@@H](C)[C@@H]1CC[C@@H]2[C@@H]3CC=C4C[C@@H](O)CC[C@]4(C)[C@H]3CC[C@@]21C)C(C)C. The van der Waals surface area contributed by atoms with Crippen LogP contribution < -0.4 is 0 Å². The molecule has 4 aliphatic rings. The summed E-state index contributed by atoms with van der Waals surface area (Å²) in [6.07, 6.45) is 17.1. The van der Waals surface area contributed by atoms with Gasteiger partial charge in [-0.3, -0.25) is 0 Å². The van der Waals surface area contributed by atoms with Crippen LogP contribution >= 0.6 is 0 Å². The normalized spacial score (nSPS) is 45.3. The topological polar surface area (TPSA) is 20.2 Å². The highest BCUT2D eigenvalue weighted by Gasteiger charge is 2.59. The van der Waals surface area contributed by atoms with Gasteiger partial charge in [0.25, 0.3) is 0 Å². The quantitative estimate of drug-likeness (QED) is 0.436. The molecule has 9 atom stereocenters. The van der Waals surface area contributed by atoms with Crippen molar-refractivity contribution in [1.29, 1.82) is 0 Å². The first-order valence-corrected chi connectivity index (χ1v) is 13.6. The summed E-state index contributed by atoms with van der Waals surface area (Å²) >= 11 is 0. The first kappa shape index (κ1) is 22.9. The minimum Gasteiger partial charge on any atom is -0.393 e. The number of aliphatic hydroxyl groups excluding tert-OH is 1. The maximum absolute atomic E-state index is 10.2. The van der Waals surface area contributed by atoms with E-state index in [4.69, 9.17) is 0 Å². The number of aliphatic hydroxyl groups is 1. The third-order valence-corrected chi connectivity index (χ3v) is 11.3. The molecular weight excluding hydrogens is 364 g/mol. The van der Waals surface area contributed by atoms with Crippen LogP contribution in [0.2, 0.25) is 0 Å². The van der Waals surface area contributed by atoms with Gasteiger partial charge in [-0.1, -0.05) is 66.0 Å². The number of hydrogen-bond acceptors (Lipinski definition) is 1. The second-order valence-electron chi connectivity index (χ2n) is 12.9. The van der Waals surface area contributed by atoms with Crippen molar-refractivity contribution in [1.82, 2.24) is 0 Å². The van der Waals surface area contributed by atoms with Gasteiger partial charge in [0, 0.05) is 0 Å². The van der Waals surface area contributed by atoms with E-state index in [1.54, 1.807) is 5.57 Å². The van der Waals surface area contributed by atoms with E-state index >= 15 is 0 Å². The van der Waals surface area contributed by atoms with Gasteiger partial charge in [0.05, 0.1) is 6.10 Å². The first-order valence-electron chi connectivity index (χ1n) is 13.6. The Kier molecular flexibility index (Phi) is 6.53. The molecule has 0 spiro atoms. The maximum atomic E-state index is 10.2. The smallest absolute Gasteiger partial charge is 0.0577 e. The molecule has 0 aliphatic heterocycles. The van der Waals surface area contributed by atoms with Crippen molar-refractivity contribution < 1.29 is 5.11 Å². The Labute approximate surface area is 187 Å². The first-order chi connectivity index (χ1) is 14.2. The Morgan fingerprint density at radius 2 is 1.77 bits per heavy atom. The third kappa shape index (κ3) is 3.74. The fraction of sp³-hybridized carbons (Fsp3) is 0.931. The lowest BCUT2D eigenvalue weighted by Gasteiger charge is -2.58. The van der Waals surface area contributed by atoms with Gasteiger partial charge < -0.3 is 5.11 Å². The van der Waals surface area contributed by atoms with Crippen molar-refractivity contribution in [3.8, 4) is 0 Å². The number of fused-ring (bicyclic) bond motifs is 5. The third-order valence-electron chi connectivity index (χ3n) is 11.3. The molecule has 0 radical (unpaired) electrons. The van der Waals surface area contributed by atoms with E-state index in [1.165, 1.54) is 57.8 Å². The highest BCUT2D eigenvalue weighted by molar-refractivity contribution is 5.25. The predicted molar refractivity (Wildman–Crippen MR) is 128 cm³/mol. The standard InChI is InChI=1S/C29H50O/c1-7-21(19(2)3)9-8-20(4)25-12-13-26-24-11-10-22-18-23(30)14-16-28(22,5)27(24)15-17-29(25,26)6/h10,19-21,23-27,30H,7-9,11-18H2,1-6H3/t20-,21-,23+,24+,25+,26-,27+,28+,29-/m1/s1. The molecule has 172 valence electrons. The molecule has 4 aliphatic carbocycles. The minimum atomic E-state index is -0.0794. The molecule has 0 saturated heterocycles. The zero-order chi connectivity index (χ0) is 21.7. The molecule has 0 amide bonds. The number of rotatable bonds is 6. The molecule has 0 bridgehead atoms. The van der Waals surface area contributed by atoms with E-state index in [0.717, 1.165) is 54.3 Å². The molecule has 1 nitrogen and oxygen atoms in total. The Bertz CT molecular complexity index is 634. The van der Waals surface area contributed by atoms with Crippen LogP contribution in [-0.4, -0.2) is 11.2 Å². The molecule has 3 saturated carbocycles. The van der Waals surface area contributed by atoms with Crippen LogP contribution in [0.15, 0.2) is 11.6 Å². The van der Waals surface area contributed by atoms with E-state index in [2.05, 4.69) is 47.6 Å². The molecule has 0 aromatic carbocycles. The summed E-state index contributed by atoms with van der Waals surface area (Å²) in [4.78, 5) is 0. The number of allylic oxidation sites excluding steroid dienone is 1. The van der Waals surface area contributed by atoms with Crippen molar-refractivity contribution in [3.63, 3.8) is 0 Å². The second-order valence-corrected chi connectivity index (χ2v) is 12.9. The van der Waals surface area contributed by atoms with E-state index in [9.17, 15) is 5.11 Å². The molecule has 3 fully saturated rings. The van der Waals surface area contributed by atoms with Crippen molar-refractivity contribution >= 4 is 0 Å². The lowest BCUT2D eigenvalue weighted by molar-refractivity contribution is -0.0575. The van der Waals surface area contributed by atoms with Gasteiger partial charge >= 0.3 is 0 Å². The van der Waals surface area contributed by atoms with Gasteiger partial charge in [-0.25, -0.2) is 0 Å². The van der Waals surface area contributed by atoms with Crippen LogP contribution in [0.4, 0.5) is 0 Å². The highest BCUT2D eigenvalue weighted by atomic mass is 16.3. The summed E-state index contributed by atoms with van der Waals surface area (Å²) in [5.41, 5.74) is 2.59. The van der Waals surface area contributed by atoms with Crippen LogP contribution in [0.5, 0.6) is 0 Å². The van der Waals surface area contributed by atoms with E-state index < -0.39 is 0 Å². The second kappa shape index (κ2) is 8.57. The lowest BCUT2D eigenvalue weighted by atomic mass is 9.47. The molecule has 1 heteroatoms. The minimum absolute atomic E-state index is 0.0794.